The van der Waals surface area contributed by atoms with Gasteiger partial charge in [-0.25, -0.2) is 14.6 Å². The van der Waals surface area contributed by atoms with E-state index in [0.717, 1.165) is 28.4 Å². The highest BCUT2D eigenvalue weighted by Gasteiger charge is 2.09. The van der Waals surface area contributed by atoms with Crippen LogP contribution in [0, 0.1) is 6.92 Å². The summed E-state index contributed by atoms with van der Waals surface area (Å²) in [6, 6.07) is 8.00. The van der Waals surface area contributed by atoms with Crippen LogP contribution in [0.25, 0.3) is 11.2 Å². The second kappa shape index (κ2) is 4.97. The molecular weight excluding hydrogens is 260 g/mol. The van der Waals surface area contributed by atoms with Crippen LogP contribution in [0.2, 0.25) is 0 Å². The van der Waals surface area contributed by atoms with Gasteiger partial charge in [0.25, 0.3) is 0 Å². The molecule has 3 heterocycles. The number of nitrogens with zero attached hydrogens (tertiary/aromatic N) is 4. The molecule has 0 amide bonds. The molecule has 0 unspecified atom stereocenters. The van der Waals surface area contributed by atoms with E-state index >= 15 is 0 Å². The van der Waals surface area contributed by atoms with Crippen molar-refractivity contribution >= 4 is 22.9 Å². The first kappa shape index (κ1) is 12.1. The Morgan fingerprint density at radius 3 is 2.95 bits per heavy atom. The van der Waals surface area contributed by atoms with Crippen LogP contribution >= 0.6 is 11.8 Å². The highest BCUT2D eigenvalue weighted by atomic mass is 32.2. The standard InChI is InChI=1S/C13H12N4OS/c1-8-9(7-11-13(14-8)17-18-16-11)6-10-4-3-5-12(15-10)19-2/h3-5,7H,6H2,1-2H3. The van der Waals surface area contributed by atoms with E-state index in [9.17, 15) is 0 Å². The number of aryl methyl sites for hydroxylation is 1. The molecule has 5 nitrogen and oxygen atoms in total. The SMILES string of the molecule is CSc1cccc(Cc2cc3nonc3nc2C)n1. The average Bonchev–Trinajstić information content (AvgIpc) is 2.86. The minimum absolute atomic E-state index is 0.548. The second-order valence-corrected chi connectivity index (χ2v) is 5.01. The van der Waals surface area contributed by atoms with Crippen molar-refractivity contribution in [3.05, 3.63) is 41.2 Å². The summed E-state index contributed by atoms with van der Waals surface area (Å²) >= 11 is 1.64. The molecule has 0 atom stereocenters. The maximum atomic E-state index is 4.68. The van der Waals surface area contributed by atoms with E-state index in [1.54, 1.807) is 11.8 Å². The molecule has 96 valence electrons. The van der Waals surface area contributed by atoms with Crippen LogP contribution in [0.1, 0.15) is 17.0 Å². The van der Waals surface area contributed by atoms with E-state index in [4.69, 9.17) is 0 Å². The zero-order valence-corrected chi connectivity index (χ0v) is 11.4. The second-order valence-electron chi connectivity index (χ2n) is 4.19. The monoisotopic (exact) mass is 272 g/mol. The van der Waals surface area contributed by atoms with Crippen molar-refractivity contribution in [3.63, 3.8) is 0 Å². The topological polar surface area (TPSA) is 64.7 Å². The predicted molar refractivity (Wildman–Crippen MR) is 73.2 cm³/mol. The smallest absolute Gasteiger partial charge is 0.224 e. The number of hydrogen-bond donors (Lipinski definition) is 0. The first-order chi connectivity index (χ1) is 9.26. The Morgan fingerprint density at radius 2 is 2.11 bits per heavy atom. The molecule has 0 aliphatic carbocycles. The fraction of sp³-hybridized carbons (Fsp3) is 0.231. The lowest BCUT2D eigenvalue weighted by molar-refractivity contribution is 0.314. The summed E-state index contributed by atoms with van der Waals surface area (Å²) in [5.74, 6) is 0. The zero-order valence-electron chi connectivity index (χ0n) is 10.6. The van der Waals surface area contributed by atoms with E-state index in [1.807, 2.05) is 37.4 Å². The first-order valence-corrected chi connectivity index (χ1v) is 7.07. The van der Waals surface area contributed by atoms with Crippen molar-refractivity contribution in [2.24, 2.45) is 0 Å². The number of hydrogen-bond acceptors (Lipinski definition) is 6. The lowest BCUT2D eigenvalue weighted by Gasteiger charge is -2.05. The Balaban J connectivity index is 1.97. The third-order valence-electron chi connectivity index (χ3n) is 2.91. The van der Waals surface area contributed by atoms with E-state index in [2.05, 4.69) is 24.9 Å². The van der Waals surface area contributed by atoms with E-state index in [0.29, 0.717) is 11.2 Å². The van der Waals surface area contributed by atoms with Gasteiger partial charge in [0.05, 0.1) is 5.03 Å². The largest absolute Gasteiger partial charge is 0.246 e. The number of rotatable bonds is 3. The molecule has 0 saturated carbocycles. The fourth-order valence-electron chi connectivity index (χ4n) is 1.90. The third kappa shape index (κ3) is 2.44. The molecule has 0 bridgehead atoms. The van der Waals surface area contributed by atoms with E-state index in [1.165, 1.54) is 0 Å². The maximum absolute atomic E-state index is 4.68. The molecule has 3 aromatic rings. The van der Waals surface area contributed by atoms with E-state index in [-0.39, 0.29) is 0 Å². The molecule has 0 aromatic carbocycles. The Labute approximate surface area is 114 Å². The van der Waals surface area contributed by atoms with Crippen LogP contribution in [0.3, 0.4) is 0 Å². The van der Waals surface area contributed by atoms with Crippen molar-refractivity contribution in [1.82, 2.24) is 20.3 Å². The Kier molecular flexibility index (Phi) is 3.16. The lowest BCUT2D eigenvalue weighted by Crippen LogP contribution is -1.98. The van der Waals surface area contributed by atoms with Gasteiger partial charge in [0.1, 0.15) is 0 Å². The van der Waals surface area contributed by atoms with Gasteiger partial charge in [0.15, 0.2) is 5.52 Å². The van der Waals surface area contributed by atoms with Gasteiger partial charge in [0, 0.05) is 17.8 Å². The van der Waals surface area contributed by atoms with Crippen LogP contribution in [-0.4, -0.2) is 26.5 Å². The van der Waals surface area contributed by atoms with Crippen molar-refractivity contribution in [1.29, 1.82) is 0 Å². The average molecular weight is 272 g/mol. The minimum atomic E-state index is 0.548. The summed E-state index contributed by atoms with van der Waals surface area (Å²) in [5, 5.41) is 8.58. The fourth-order valence-corrected chi connectivity index (χ4v) is 2.33. The third-order valence-corrected chi connectivity index (χ3v) is 3.55. The summed E-state index contributed by atoms with van der Waals surface area (Å²) in [4.78, 5) is 8.95. The normalized spacial score (nSPS) is 11.1. The Morgan fingerprint density at radius 1 is 1.21 bits per heavy atom. The van der Waals surface area contributed by atoms with Crippen LogP contribution in [0.5, 0.6) is 0 Å². The molecule has 0 radical (unpaired) electrons. The molecule has 0 spiro atoms. The van der Waals surface area contributed by atoms with Crippen LogP contribution < -0.4 is 0 Å². The molecule has 0 N–H and O–H groups in total. The minimum Gasteiger partial charge on any atom is -0.246 e. The molecule has 0 saturated heterocycles. The summed E-state index contributed by atoms with van der Waals surface area (Å²) in [5.41, 5.74) is 4.27. The van der Waals surface area contributed by atoms with Crippen LogP contribution in [0.4, 0.5) is 0 Å². The van der Waals surface area contributed by atoms with Crippen LogP contribution in [0.15, 0.2) is 33.9 Å². The molecule has 6 heteroatoms. The number of fused-ring (bicyclic) bond motifs is 1. The Bertz CT molecular complexity index is 725. The molecule has 0 fully saturated rings. The van der Waals surface area contributed by atoms with E-state index < -0.39 is 0 Å². The first-order valence-electron chi connectivity index (χ1n) is 5.85. The van der Waals surface area contributed by atoms with Crippen molar-refractivity contribution in [3.8, 4) is 0 Å². The molecule has 3 aromatic heterocycles. The molecule has 3 rings (SSSR count). The van der Waals surface area contributed by atoms with Crippen molar-refractivity contribution < 1.29 is 4.63 Å². The number of thioether (sulfide) groups is 1. The van der Waals surface area contributed by atoms with Gasteiger partial charge in [-0.1, -0.05) is 6.07 Å². The summed E-state index contributed by atoms with van der Waals surface area (Å²) in [6.07, 6.45) is 2.75. The van der Waals surface area contributed by atoms with Gasteiger partial charge in [-0.2, -0.15) is 0 Å². The highest BCUT2D eigenvalue weighted by molar-refractivity contribution is 7.98. The predicted octanol–water partition coefficient (Wildman–Crippen LogP) is 2.63. The highest BCUT2D eigenvalue weighted by Crippen LogP contribution is 2.18. The van der Waals surface area contributed by atoms with Gasteiger partial charge in [-0.15, -0.1) is 11.8 Å². The summed E-state index contributed by atoms with van der Waals surface area (Å²) in [7, 11) is 0. The number of pyridine rings is 2. The maximum Gasteiger partial charge on any atom is 0.224 e. The van der Waals surface area contributed by atoms with Crippen LogP contribution in [-0.2, 0) is 6.42 Å². The van der Waals surface area contributed by atoms with Gasteiger partial charge in [0.2, 0.25) is 5.65 Å². The van der Waals surface area contributed by atoms with Gasteiger partial charge >= 0.3 is 0 Å². The Hall–Kier alpha value is -1.95. The quantitative estimate of drug-likeness (QED) is 0.683. The zero-order chi connectivity index (χ0) is 13.2. The molecular formula is C13H12N4OS. The molecule has 0 aliphatic rings. The lowest BCUT2D eigenvalue weighted by atomic mass is 10.1. The van der Waals surface area contributed by atoms with Crippen molar-refractivity contribution in [2.45, 2.75) is 18.4 Å². The molecule has 0 aliphatic heterocycles. The summed E-state index contributed by atoms with van der Waals surface area (Å²) < 4.78 is 4.68. The van der Waals surface area contributed by atoms with Crippen molar-refractivity contribution in [2.75, 3.05) is 6.26 Å². The van der Waals surface area contributed by atoms with Gasteiger partial charge in [-0.05, 0) is 47.3 Å². The van der Waals surface area contributed by atoms with Gasteiger partial charge < -0.3 is 0 Å². The molecule has 19 heavy (non-hydrogen) atoms. The van der Waals surface area contributed by atoms with Gasteiger partial charge in [-0.3, -0.25) is 0 Å². The number of aromatic nitrogens is 4. The summed E-state index contributed by atoms with van der Waals surface area (Å²) in [6.45, 7) is 1.96.